The summed E-state index contributed by atoms with van der Waals surface area (Å²) < 4.78 is 6.47. The van der Waals surface area contributed by atoms with Crippen molar-refractivity contribution < 1.29 is 14.5 Å². The molecule has 5 rings (SSSR count). The van der Waals surface area contributed by atoms with Crippen LogP contribution in [0, 0.1) is 10.1 Å². The number of anilines is 1. The second kappa shape index (κ2) is 9.47. The molecule has 0 bridgehead atoms. The first kappa shape index (κ1) is 22.4. The molecule has 5 aromatic rings. The molecule has 0 aliphatic heterocycles. The summed E-state index contributed by atoms with van der Waals surface area (Å²) in [4.78, 5) is 35.6. The average Bonchev–Trinajstić information content (AvgIpc) is 3.30. The number of non-ortho nitro benzene ring substituents is 1. The number of aromatic nitrogens is 2. The summed E-state index contributed by atoms with van der Waals surface area (Å²) in [5, 5.41) is 13.4. The van der Waals surface area contributed by atoms with Gasteiger partial charge in [0.2, 0.25) is 0 Å². The van der Waals surface area contributed by atoms with Crippen LogP contribution in [0.25, 0.3) is 21.0 Å². The molecule has 174 valence electrons. The number of thiazole rings is 1. The molecule has 2 aromatic heterocycles. The minimum atomic E-state index is -0.444. The van der Waals surface area contributed by atoms with Crippen molar-refractivity contribution in [1.29, 1.82) is 0 Å². The van der Waals surface area contributed by atoms with Crippen LogP contribution in [0.15, 0.2) is 79.0 Å². The molecule has 9 heteroatoms. The van der Waals surface area contributed by atoms with Crippen LogP contribution in [-0.2, 0) is 6.54 Å². The lowest BCUT2D eigenvalue weighted by molar-refractivity contribution is -0.384. The van der Waals surface area contributed by atoms with E-state index in [2.05, 4.69) is 9.97 Å². The molecule has 0 saturated carbocycles. The zero-order valence-electron chi connectivity index (χ0n) is 18.7. The maximum atomic E-state index is 14.2. The van der Waals surface area contributed by atoms with Gasteiger partial charge in [0.05, 0.1) is 39.5 Å². The fourth-order valence-corrected chi connectivity index (χ4v) is 4.89. The third-order valence-corrected chi connectivity index (χ3v) is 6.54. The second-order valence-electron chi connectivity index (χ2n) is 7.71. The van der Waals surface area contributed by atoms with E-state index in [4.69, 9.17) is 4.74 Å². The Kier molecular flexibility index (Phi) is 6.07. The minimum absolute atomic E-state index is 0.0250. The third-order valence-electron chi connectivity index (χ3n) is 5.50. The normalized spacial score (nSPS) is 11.0. The maximum Gasteiger partial charge on any atom is 0.270 e. The van der Waals surface area contributed by atoms with Crippen molar-refractivity contribution in [3.63, 3.8) is 0 Å². The number of nitro groups is 1. The lowest BCUT2D eigenvalue weighted by Gasteiger charge is -2.22. The van der Waals surface area contributed by atoms with Crippen LogP contribution in [0.2, 0.25) is 0 Å². The van der Waals surface area contributed by atoms with Gasteiger partial charge in [-0.2, -0.15) is 0 Å². The van der Waals surface area contributed by atoms with E-state index in [1.165, 1.54) is 23.5 Å². The minimum Gasteiger partial charge on any atom is -0.493 e. The van der Waals surface area contributed by atoms with E-state index in [-0.39, 0.29) is 18.1 Å². The quantitative estimate of drug-likeness (QED) is 0.208. The van der Waals surface area contributed by atoms with Gasteiger partial charge >= 0.3 is 0 Å². The highest BCUT2D eigenvalue weighted by Gasteiger charge is 2.27. The van der Waals surface area contributed by atoms with Gasteiger partial charge in [-0.15, -0.1) is 0 Å². The third kappa shape index (κ3) is 4.41. The van der Waals surface area contributed by atoms with Crippen molar-refractivity contribution in [1.82, 2.24) is 9.97 Å². The van der Waals surface area contributed by atoms with Gasteiger partial charge in [-0.1, -0.05) is 47.7 Å². The molecule has 0 unspecified atom stereocenters. The van der Waals surface area contributed by atoms with E-state index >= 15 is 0 Å². The average molecular weight is 485 g/mol. The molecule has 0 fully saturated rings. The molecule has 35 heavy (non-hydrogen) atoms. The number of hydrogen-bond donors (Lipinski definition) is 0. The van der Waals surface area contributed by atoms with E-state index in [0.29, 0.717) is 39.0 Å². The van der Waals surface area contributed by atoms with Gasteiger partial charge in [-0.05, 0) is 42.0 Å². The van der Waals surface area contributed by atoms with E-state index in [9.17, 15) is 14.9 Å². The predicted molar refractivity (Wildman–Crippen MR) is 136 cm³/mol. The standard InChI is InChI=1S/C26H20N4O4S/c1-2-34-22-13-10-17-7-3-4-9-20(17)24(22)25(31)29(16-18-8-5-6-14-27-18)26-28-21-12-11-19(30(32)33)15-23(21)35-26/h3-15H,2,16H2,1H3. The smallest absolute Gasteiger partial charge is 0.270 e. The van der Waals surface area contributed by atoms with Gasteiger partial charge < -0.3 is 4.74 Å². The number of benzene rings is 3. The predicted octanol–water partition coefficient (Wildman–Crippen LogP) is 6.00. The maximum absolute atomic E-state index is 14.2. The SMILES string of the molecule is CCOc1ccc2ccccc2c1C(=O)N(Cc1ccccn1)c1nc2ccc([N+](=O)[O-])cc2s1. The lowest BCUT2D eigenvalue weighted by Crippen LogP contribution is -2.31. The molecule has 0 aliphatic rings. The molecule has 0 radical (unpaired) electrons. The Morgan fingerprint density at radius 2 is 1.91 bits per heavy atom. The highest BCUT2D eigenvalue weighted by molar-refractivity contribution is 7.22. The summed E-state index contributed by atoms with van der Waals surface area (Å²) in [7, 11) is 0. The zero-order valence-corrected chi connectivity index (χ0v) is 19.6. The van der Waals surface area contributed by atoms with Crippen LogP contribution in [0.5, 0.6) is 5.75 Å². The molecule has 8 nitrogen and oxygen atoms in total. The fraction of sp³-hybridized carbons (Fsp3) is 0.115. The molecule has 3 aromatic carbocycles. The summed E-state index contributed by atoms with van der Waals surface area (Å²) in [5.41, 5.74) is 1.68. The molecule has 0 spiro atoms. The molecule has 0 N–H and O–H groups in total. The topological polar surface area (TPSA) is 98.5 Å². The number of pyridine rings is 1. The second-order valence-corrected chi connectivity index (χ2v) is 8.72. The molecule has 0 atom stereocenters. The van der Waals surface area contributed by atoms with Gasteiger partial charge in [-0.25, -0.2) is 4.98 Å². The van der Waals surface area contributed by atoms with Gasteiger partial charge in [-0.3, -0.25) is 24.8 Å². The van der Waals surface area contributed by atoms with E-state index in [1.54, 1.807) is 23.2 Å². The van der Waals surface area contributed by atoms with Crippen LogP contribution in [-0.4, -0.2) is 27.4 Å². The Morgan fingerprint density at radius 3 is 2.69 bits per heavy atom. The lowest BCUT2D eigenvalue weighted by atomic mass is 10.0. The van der Waals surface area contributed by atoms with Crippen molar-refractivity contribution >= 4 is 49.1 Å². The first-order valence-corrected chi connectivity index (χ1v) is 11.8. The summed E-state index contributed by atoms with van der Waals surface area (Å²) in [6.45, 7) is 2.45. The van der Waals surface area contributed by atoms with E-state index in [0.717, 1.165) is 10.8 Å². The van der Waals surface area contributed by atoms with Crippen molar-refractivity contribution in [2.45, 2.75) is 13.5 Å². The summed E-state index contributed by atoms with van der Waals surface area (Å²) in [5.74, 6) is 0.198. The van der Waals surface area contributed by atoms with Crippen LogP contribution in [0.4, 0.5) is 10.8 Å². The van der Waals surface area contributed by atoms with Crippen LogP contribution < -0.4 is 9.64 Å². The number of rotatable bonds is 7. The van der Waals surface area contributed by atoms with Crippen LogP contribution in [0.3, 0.4) is 0 Å². The Balaban J connectivity index is 1.67. The van der Waals surface area contributed by atoms with Crippen LogP contribution in [0.1, 0.15) is 23.0 Å². The van der Waals surface area contributed by atoms with Crippen molar-refractivity contribution in [2.75, 3.05) is 11.5 Å². The highest BCUT2D eigenvalue weighted by Crippen LogP contribution is 2.36. The Labute approximate surface area is 204 Å². The first-order valence-electron chi connectivity index (χ1n) is 11.0. The van der Waals surface area contributed by atoms with E-state index in [1.807, 2.05) is 55.5 Å². The number of fused-ring (bicyclic) bond motifs is 2. The Bertz CT molecular complexity index is 1550. The summed E-state index contributed by atoms with van der Waals surface area (Å²) in [6.07, 6.45) is 1.67. The van der Waals surface area contributed by atoms with Crippen molar-refractivity contribution in [2.24, 2.45) is 0 Å². The largest absolute Gasteiger partial charge is 0.493 e. The first-order chi connectivity index (χ1) is 17.0. The molecule has 1 amide bonds. The Hall–Kier alpha value is -4.37. The monoisotopic (exact) mass is 484 g/mol. The molecular weight excluding hydrogens is 464 g/mol. The van der Waals surface area contributed by atoms with E-state index < -0.39 is 4.92 Å². The fourth-order valence-electron chi connectivity index (χ4n) is 3.89. The number of ether oxygens (including phenoxy) is 1. The number of carbonyl (C=O) groups is 1. The van der Waals surface area contributed by atoms with Crippen molar-refractivity contribution in [3.8, 4) is 5.75 Å². The van der Waals surface area contributed by atoms with Crippen molar-refractivity contribution in [3.05, 3.63) is 100 Å². The van der Waals surface area contributed by atoms with Gasteiger partial charge in [0.25, 0.3) is 11.6 Å². The summed E-state index contributed by atoms with van der Waals surface area (Å²) in [6, 6.07) is 21.4. The van der Waals surface area contributed by atoms with Gasteiger partial charge in [0, 0.05) is 18.3 Å². The molecule has 0 aliphatic carbocycles. The van der Waals surface area contributed by atoms with Gasteiger partial charge in [0.15, 0.2) is 5.13 Å². The Morgan fingerprint density at radius 1 is 1.09 bits per heavy atom. The number of carbonyl (C=O) groups excluding carboxylic acids is 1. The van der Waals surface area contributed by atoms with Gasteiger partial charge in [0.1, 0.15) is 5.75 Å². The molecular formula is C26H20N4O4S. The number of amides is 1. The molecule has 2 heterocycles. The number of nitrogens with zero attached hydrogens (tertiary/aromatic N) is 4. The zero-order chi connectivity index (χ0) is 24.4. The summed E-state index contributed by atoms with van der Waals surface area (Å²) >= 11 is 1.22. The highest BCUT2D eigenvalue weighted by atomic mass is 32.1. The number of hydrogen-bond acceptors (Lipinski definition) is 7. The number of nitro benzene ring substituents is 1. The molecule has 0 saturated heterocycles. The van der Waals surface area contributed by atoms with Crippen LogP contribution >= 0.6 is 11.3 Å².